The Kier molecular flexibility index (Phi) is 7.04. The molecule has 2 N–H and O–H groups in total. The number of urea groups is 1. The van der Waals surface area contributed by atoms with E-state index in [1.165, 1.54) is 30.5 Å². The summed E-state index contributed by atoms with van der Waals surface area (Å²) in [6, 6.07) is 10.5. The zero-order valence-electron chi connectivity index (χ0n) is 22.3. The molecule has 1 aliphatic carbocycles. The summed E-state index contributed by atoms with van der Waals surface area (Å²) in [6.45, 7) is 2.48. The molecule has 4 aromatic rings. The molecule has 2 aliphatic rings. The van der Waals surface area contributed by atoms with Gasteiger partial charge in [-0.05, 0) is 59.7 Å². The molecule has 218 valence electrons. The molecule has 0 unspecified atom stereocenters. The van der Waals surface area contributed by atoms with Gasteiger partial charge in [0.1, 0.15) is 12.0 Å². The Morgan fingerprint density at radius 1 is 1.14 bits per heavy atom. The number of ether oxygens (including phenoxy) is 1. The van der Waals surface area contributed by atoms with Crippen LogP contribution < -0.4 is 15.4 Å². The molecule has 42 heavy (non-hydrogen) atoms. The van der Waals surface area contributed by atoms with E-state index >= 15 is 0 Å². The van der Waals surface area contributed by atoms with Gasteiger partial charge in [0, 0.05) is 25.7 Å². The topological polar surface area (TPSA) is 136 Å². The number of rotatable bonds is 7. The summed E-state index contributed by atoms with van der Waals surface area (Å²) in [5.74, 6) is 0.344. The van der Waals surface area contributed by atoms with E-state index in [0.29, 0.717) is 36.7 Å². The molecule has 0 spiro atoms. The number of nitrogens with one attached hydrogen (secondary N) is 2. The number of fused-ring (bicyclic) bond motifs is 1. The van der Waals surface area contributed by atoms with Crippen LogP contribution in [0.4, 0.5) is 23.8 Å². The van der Waals surface area contributed by atoms with Crippen LogP contribution in [0.25, 0.3) is 11.1 Å². The number of halogens is 3. The predicted octanol–water partition coefficient (Wildman–Crippen LogP) is 4.94. The van der Waals surface area contributed by atoms with E-state index < -0.39 is 6.36 Å². The Morgan fingerprint density at radius 3 is 2.74 bits per heavy atom. The number of hydrogen-bond donors (Lipinski definition) is 2. The number of alkyl halides is 3. The van der Waals surface area contributed by atoms with Crippen molar-refractivity contribution in [2.75, 3.05) is 11.9 Å². The van der Waals surface area contributed by atoms with Gasteiger partial charge in [0.05, 0.1) is 11.8 Å². The van der Waals surface area contributed by atoms with Crippen LogP contribution in [0, 0.1) is 12.8 Å². The minimum Gasteiger partial charge on any atom is -0.406 e. The lowest BCUT2D eigenvalue weighted by molar-refractivity contribution is -0.274. The fraction of sp³-hybridized carbons (Fsp3) is 0.321. The summed E-state index contributed by atoms with van der Waals surface area (Å²) in [5.41, 5.74) is 3.73. The van der Waals surface area contributed by atoms with Gasteiger partial charge < -0.3 is 24.0 Å². The second-order valence-electron chi connectivity index (χ2n) is 10.1. The highest BCUT2D eigenvalue weighted by Gasteiger charge is 2.47. The van der Waals surface area contributed by atoms with Gasteiger partial charge in [-0.3, -0.25) is 10.1 Å². The molecule has 2 atom stereocenters. The highest BCUT2D eigenvalue weighted by atomic mass is 19.4. The maximum atomic E-state index is 13.0. The first kappa shape index (κ1) is 27.3. The van der Waals surface area contributed by atoms with E-state index in [2.05, 4.69) is 30.7 Å². The molecule has 3 heterocycles. The van der Waals surface area contributed by atoms with Crippen LogP contribution in [-0.2, 0) is 24.3 Å². The molecule has 3 amide bonds. The summed E-state index contributed by atoms with van der Waals surface area (Å²) < 4.78 is 52.7. The first-order valence-electron chi connectivity index (χ1n) is 13.2. The number of carbonyl (C=O) groups is 2. The molecular formula is C28H25F3N6O5. The molecule has 1 aliphatic heterocycles. The second kappa shape index (κ2) is 10.8. The fourth-order valence-electron chi connectivity index (χ4n) is 5.21. The molecule has 2 aromatic carbocycles. The SMILES string of the molecule is Cc1noc([C@@H]2C[C@H]2C(=O)NCc2ccc(-c3cccc(OC(F)(F)F)c3)c3c2CN(C(=O)Nc2ccon2)CC3)n1. The Bertz CT molecular complexity index is 1620. The standard InChI is InChI=1S/C28H25F3N6O5/c1-15-33-26(42-35-15)22-12-21(22)25(38)32-13-17-5-6-19(16-3-2-4-18(11-16)41-28(29,30)31)20-7-9-37(14-23(17)20)27(39)34-24-8-10-40-36-24/h2-6,8,10-11,21-22H,7,9,12-14H2,1H3,(H,32,38)(H,34,36,39)/t21-,22-/m1/s1. The summed E-state index contributed by atoms with van der Waals surface area (Å²) in [7, 11) is 0. The number of amides is 3. The first-order valence-corrected chi connectivity index (χ1v) is 13.2. The van der Waals surface area contributed by atoms with Crippen LogP contribution in [-0.4, -0.2) is 45.0 Å². The van der Waals surface area contributed by atoms with Crippen molar-refractivity contribution in [3.8, 4) is 16.9 Å². The predicted molar refractivity (Wildman–Crippen MR) is 140 cm³/mol. The minimum atomic E-state index is -4.82. The minimum absolute atomic E-state index is 0.121. The number of aryl methyl sites for hydroxylation is 1. The quantitative estimate of drug-likeness (QED) is 0.313. The van der Waals surface area contributed by atoms with Crippen molar-refractivity contribution < 1.29 is 36.5 Å². The van der Waals surface area contributed by atoms with E-state index in [1.807, 2.05) is 12.1 Å². The number of carbonyl (C=O) groups excluding carboxylic acids is 2. The van der Waals surface area contributed by atoms with Gasteiger partial charge in [-0.2, -0.15) is 4.98 Å². The van der Waals surface area contributed by atoms with E-state index in [4.69, 9.17) is 9.05 Å². The van der Waals surface area contributed by atoms with Gasteiger partial charge in [0.2, 0.25) is 11.8 Å². The van der Waals surface area contributed by atoms with Crippen molar-refractivity contribution in [2.45, 2.75) is 45.1 Å². The second-order valence-corrected chi connectivity index (χ2v) is 10.1. The summed E-state index contributed by atoms with van der Waals surface area (Å²) in [6.07, 6.45) is -2.43. The van der Waals surface area contributed by atoms with Crippen molar-refractivity contribution in [1.29, 1.82) is 0 Å². The van der Waals surface area contributed by atoms with Crippen LogP contribution in [0.15, 0.2) is 57.8 Å². The Labute approximate surface area is 237 Å². The Hall–Kier alpha value is -4.88. The number of aromatic nitrogens is 3. The van der Waals surface area contributed by atoms with E-state index in [1.54, 1.807) is 17.9 Å². The molecular weight excluding hydrogens is 557 g/mol. The number of hydrogen-bond acceptors (Lipinski definition) is 8. The van der Waals surface area contributed by atoms with Crippen molar-refractivity contribution >= 4 is 17.8 Å². The highest BCUT2D eigenvalue weighted by Crippen LogP contribution is 2.47. The maximum Gasteiger partial charge on any atom is 0.573 e. The number of benzene rings is 2. The molecule has 1 saturated carbocycles. The van der Waals surface area contributed by atoms with E-state index in [0.717, 1.165) is 22.3 Å². The zero-order chi connectivity index (χ0) is 29.4. The Balaban J connectivity index is 1.25. The third-order valence-electron chi connectivity index (χ3n) is 7.29. The van der Waals surface area contributed by atoms with Crippen LogP contribution in [0.3, 0.4) is 0 Å². The monoisotopic (exact) mass is 582 g/mol. The van der Waals surface area contributed by atoms with Gasteiger partial charge in [0.25, 0.3) is 0 Å². The normalized spacial score (nSPS) is 17.9. The average molecular weight is 583 g/mol. The average Bonchev–Trinajstić information content (AvgIpc) is 3.36. The lowest BCUT2D eigenvalue weighted by Gasteiger charge is -2.32. The largest absolute Gasteiger partial charge is 0.573 e. The molecule has 6 rings (SSSR count). The van der Waals surface area contributed by atoms with Gasteiger partial charge in [0.15, 0.2) is 11.6 Å². The van der Waals surface area contributed by atoms with Gasteiger partial charge in [-0.15, -0.1) is 13.2 Å². The molecule has 14 heteroatoms. The van der Waals surface area contributed by atoms with Crippen LogP contribution in [0.1, 0.15) is 40.7 Å². The van der Waals surface area contributed by atoms with Crippen molar-refractivity contribution in [3.05, 3.63) is 77.1 Å². The summed E-state index contributed by atoms with van der Waals surface area (Å²) in [5, 5.41) is 13.2. The summed E-state index contributed by atoms with van der Waals surface area (Å²) in [4.78, 5) is 31.7. The lowest BCUT2D eigenvalue weighted by Crippen LogP contribution is -2.40. The smallest absolute Gasteiger partial charge is 0.406 e. The molecule has 1 fully saturated rings. The zero-order valence-corrected chi connectivity index (χ0v) is 22.3. The third-order valence-corrected chi connectivity index (χ3v) is 7.29. The van der Waals surface area contributed by atoms with E-state index in [-0.39, 0.29) is 48.4 Å². The van der Waals surface area contributed by atoms with Crippen LogP contribution >= 0.6 is 0 Å². The van der Waals surface area contributed by atoms with Crippen molar-refractivity contribution in [3.63, 3.8) is 0 Å². The first-order chi connectivity index (χ1) is 20.1. The van der Waals surface area contributed by atoms with Crippen LogP contribution in [0.2, 0.25) is 0 Å². The van der Waals surface area contributed by atoms with Gasteiger partial charge in [-0.25, -0.2) is 4.79 Å². The molecule has 11 nitrogen and oxygen atoms in total. The van der Waals surface area contributed by atoms with Gasteiger partial charge in [-0.1, -0.05) is 34.6 Å². The van der Waals surface area contributed by atoms with Crippen molar-refractivity contribution in [2.24, 2.45) is 5.92 Å². The molecule has 0 saturated heterocycles. The summed E-state index contributed by atoms with van der Waals surface area (Å²) >= 11 is 0. The Morgan fingerprint density at radius 2 is 2.00 bits per heavy atom. The highest BCUT2D eigenvalue weighted by molar-refractivity contribution is 5.88. The van der Waals surface area contributed by atoms with Crippen molar-refractivity contribution in [1.82, 2.24) is 25.5 Å². The number of nitrogens with zero attached hydrogens (tertiary/aromatic N) is 4. The lowest BCUT2D eigenvalue weighted by atomic mass is 9.87. The van der Waals surface area contributed by atoms with Gasteiger partial charge >= 0.3 is 12.4 Å². The fourth-order valence-corrected chi connectivity index (χ4v) is 5.21. The number of anilines is 1. The third kappa shape index (κ3) is 5.92. The van der Waals surface area contributed by atoms with E-state index in [9.17, 15) is 22.8 Å². The molecule has 0 bridgehead atoms. The molecule has 2 aromatic heterocycles. The van der Waals surface area contributed by atoms with Crippen LogP contribution in [0.5, 0.6) is 5.75 Å². The molecule has 0 radical (unpaired) electrons. The maximum absolute atomic E-state index is 13.0.